The SMILES string of the molecule is COCCn1c(SCC(=O)c2cc(C)n(-c3ccc(OC(F)F)cc3)c2C)nc(C)c1C. The highest BCUT2D eigenvalue weighted by atomic mass is 32.2. The Labute approximate surface area is 190 Å². The van der Waals surface area contributed by atoms with E-state index >= 15 is 0 Å². The molecule has 0 saturated heterocycles. The minimum absolute atomic E-state index is 0.00333. The van der Waals surface area contributed by atoms with E-state index in [2.05, 4.69) is 14.3 Å². The molecular formula is C23H27F2N3O3S. The third-order valence-electron chi connectivity index (χ3n) is 5.33. The summed E-state index contributed by atoms with van der Waals surface area (Å²) in [4.78, 5) is 17.6. The number of alkyl halides is 2. The van der Waals surface area contributed by atoms with Gasteiger partial charge in [-0.05, 0) is 58.0 Å². The Morgan fingerprint density at radius 3 is 2.44 bits per heavy atom. The lowest BCUT2D eigenvalue weighted by Crippen LogP contribution is -2.09. The van der Waals surface area contributed by atoms with Crippen molar-refractivity contribution in [1.82, 2.24) is 14.1 Å². The fourth-order valence-electron chi connectivity index (χ4n) is 3.61. The molecule has 0 aliphatic rings. The topological polar surface area (TPSA) is 58.3 Å². The normalized spacial score (nSPS) is 11.4. The monoisotopic (exact) mass is 463 g/mol. The molecular weight excluding hydrogens is 436 g/mol. The predicted octanol–water partition coefficient (Wildman–Crippen LogP) is 5.13. The second kappa shape index (κ2) is 10.3. The van der Waals surface area contributed by atoms with Crippen LogP contribution in [0.4, 0.5) is 8.78 Å². The molecule has 0 atom stereocenters. The van der Waals surface area contributed by atoms with Crippen LogP contribution in [0.1, 0.15) is 33.1 Å². The number of thioether (sulfide) groups is 1. The summed E-state index contributed by atoms with van der Waals surface area (Å²) >= 11 is 1.41. The van der Waals surface area contributed by atoms with E-state index in [1.54, 1.807) is 19.2 Å². The Bertz CT molecular complexity index is 1090. The smallest absolute Gasteiger partial charge is 0.387 e. The Morgan fingerprint density at radius 2 is 1.81 bits per heavy atom. The number of carbonyl (C=O) groups is 1. The molecule has 1 aromatic carbocycles. The average molecular weight is 464 g/mol. The first-order chi connectivity index (χ1) is 15.2. The fraction of sp³-hybridized carbons (Fsp3) is 0.391. The first-order valence-electron chi connectivity index (χ1n) is 10.2. The van der Waals surface area contributed by atoms with Crippen molar-refractivity contribution in [3.8, 4) is 11.4 Å². The summed E-state index contributed by atoms with van der Waals surface area (Å²) in [6.07, 6.45) is 0. The van der Waals surface area contributed by atoms with Crippen molar-refractivity contribution in [3.05, 3.63) is 58.7 Å². The number of aryl methyl sites for hydroxylation is 2. The molecule has 0 bridgehead atoms. The van der Waals surface area contributed by atoms with Crippen LogP contribution in [0, 0.1) is 27.7 Å². The number of methoxy groups -OCH3 is 1. The molecule has 172 valence electrons. The van der Waals surface area contributed by atoms with Crippen LogP contribution < -0.4 is 4.74 Å². The Morgan fingerprint density at radius 1 is 1.12 bits per heavy atom. The largest absolute Gasteiger partial charge is 0.435 e. The molecule has 0 N–H and O–H groups in total. The number of ether oxygens (including phenoxy) is 2. The van der Waals surface area contributed by atoms with Crippen molar-refractivity contribution in [2.45, 2.75) is 46.0 Å². The van der Waals surface area contributed by atoms with Gasteiger partial charge in [0.15, 0.2) is 10.9 Å². The van der Waals surface area contributed by atoms with Gasteiger partial charge in [0.1, 0.15) is 5.75 Å². The van der Waals surface area contributed by atoms with Gasteiger partial charge in [-0.3, -0.25) is 4.79 Å². The van der Waals surface area contributed by atoms with Crippen molar-refractivity contribution in [2.24, 2.45) is 0 Å². The molecule has 3 rings (SSSR count). The van der Waals surface area contributed by atoms with Crippen molar-refractivity contribution in [2.75, 3.05) is 19.5 Å². The number of imidazole rings is 1. The molecule has 0 spiro atoms. The van der Waals surface area contributed by atoms with Crippen LogP contribution in [0.25, 0.3) is 5.69 Å². The van der Waals surface area contributed by atoms with E-state index in [0.717, 1.165) is 33.6 Å². The van der Waals surface area contributed by atoms with E-state index in [9.17, 15) is 13.6 Å². The van der Waals surface area contributed by atoms with Gasteiger partial charge in [-0.2, -0.15) is 8.78 Å². The van der Waals surface area contributed by atoms with Gasteiger partial charge in [-0.25, -0.2) is 4.98 Å². The standard InChI is InChI=1S/C23H27F2N3O3S/c1-14-12-20(17(4)28(14)18-6-8-19(9-7-18)31-22(24)25)21(29)13-32-23-26-15(2)16(3)27(23)10-11-30-5/h6-9,12,22H,10-11,13H2,1-5H3. The summed E-state index contributed by atoms with van der Waals surface area (Å²) in [7, 11) is 1.66. The van der Waals surface area contributed by atoms with Gasteiger partial charge in [0.05, 0.1) is 18.1 Å². The zero-order valence-corrected chi connectivity index (χ0v) is 19.6. The molecule has 0 unspecified atom stereocenters. The Kier molecular flexibility index (Phi) is 7.73. The molecule has 32 heavy (non-hydrogen) atoms. The number of nitrogens with zero attached hydrogens (tertiary/aromatic N) is 3. The summed E-state index contributed by atoms with van der Waals surface area (Å²) in [5.74, 6) is 0.353. The van der Waals surface area contributed by atoms with Crippen molar-refractivity contribution >= 4 is 17.5 Å². The van der Waals surface area contributed by atoms with E-state index in [1.807, 2.05) is 38.3 Å². The average Bonchev–Trinajstić information content (AvgIpc) is 3.20. The van der Waals surface area contributed by atoms with Crippen molar-refractivity contribution in [3.63, 3.8) is 0 Å². The molecule has 0 amide bonds. The summed E-state index contributed by atoms with van der Waals surface area (Å²) < 4.78 is 38.4. The summed E-state index contributed by atoms with van der Waals surface area (Å²) in [5, 5.41) is 0.800. The Balaban J connectivity index is 1.77. The number of ketones is 1. The van der Waals surface area contributed by atoms with E-state index in [1.165, 1.54) is 23.9 Å². The summed E-state index contributed by atoms with van der Waals surface area (Å²) in [6.45, 7) is 6.13. The lowest BCUT2D eigenvalue weighted by Gasteiger charge is -2.11. The molecule has 0 aliphatic heterocycles. The first-order valence-corrected chi connectivity index (χ1v) is 11.1. The maximum absolute atomic E-state index is 13.0. The number of rotatable bonds is 10. The molecule has 3 aromatic rings. The zero-order chi connectivity index (χ0) is 23.4. The maximum atomic E-state index is 13.0. The fourth-order valence-corrected chi connectivity index (χ4v) is 4.61. The predicted molar refractivity (Wildman–Crippen MR) is 121 cm³/mol. The van der Waals surface area contributed by atoms with E-state index < -0.39 is 6.61 Å². The minimum atomic E-state index is -2.87. The molecule has 0 aliphatic carbocycles. The number of hydrogen-bond donors (Lipinski definition) is 0. The van der Waals surface area contributed by atoms with Crippen LogP contribution in [-0.4, -0.2) is 46.0 Å². The minimum Gasteiger partial charge on any atom is -0.435 e. The van der Waals surface area contributed by atoms with Gasteiger partial charge < -0.3 is 18.6 Å². The summed E-state index contributed by atoms with van der Waals surface area (Å²) in [5.41, 5.74) is 5.08. The lowest BCUT2D eigenvalue weighted by atomic mass is 10.2. The number of hydrogen-bond acceptors (Lipinski definition) is 5. The van der Waals surface area contributed by atoms with Crippen LogP contribution in [0.2, 0.25) is 0 Å². The van der Waals surface area contributed by atoms with Crippen LogP contribution in [0.5, 0.6) is 5.75 Å². The highest BCUT2D eigenvalue weighted by Crippen LogP contribution is 2.26. The van der Waals surface area contributed by atoms with Gasteiger partial charge in [0, 0.05) is 42.0 Å². The number of Topliss-reactive ketones (excluding diaryl/α,β-unsaturated/α-hetero) is 1. The third-order valence-corrected chi connectivity index (χ3v) is 6.30. The van der Waals surface area contributed by atoms with E-state index in [0.29, 0.717) is 18.7 Å². The maximum Gasteiger partial charge on any atom is 0.387 e. The van der Waals surface area contributed by atoms with Crippen molar-refractivity contribution in [1.29, 1.82) is 0 Å². The highest BCUT2D eigenvalue weighted by Gasteiger charge is 2.19. The van der Waals surface area contributed by atoms with Gasteiger partial charge >= 0.3 is 6.61 Å². The van der Waals surface area contributed by atoms with Crippen LogP contribution in [-0.2, 0) is 11.3 Å². The zero-order valence-electron chi connectivity index (χ0n) is 18.8. The summed E-state index contributed by atoms with van der Waals surface area (Å²) in [6, 6.07) is 8.22. The number of carbonyl (C=O) groups excluding carboxylic acids is 1. The van der Waals surface area contributed by atoms with E-state index in [-0.39, 0.29) is 17.3 Å². The van der Waals surface area contributed by atoms with E-state index in [4.69, 9.17) is 4.74 Å². The van der Waals surface area contributed by atoms with Crippen LogP contribution >= 0.6 is 11.8 Å². The highest BCUT2D eigenvalue weighted by molar-refractivity contribution is 7.99. The number of halogens is 2. The molecule has 0 fully saturated rings. The van der Waals surface area contributed by atoms with Crippen LogP contribution in [0.15, 0.2) is 35.5 Å². The number of aromatic nitrogens is 3. The molecule has 0 radical (unpaired) electrons. The van der Waals surface area contributed by atoms with Gasteiger partial charge in [0.25, 0.3) is 0 Å². The molecule has 2 heterocycles. The van der Waals surface area contributed by atoms with Crippen LogP contribution in [0.3, 0.4) is 0 Å². The molecule has 9 heteroatoms. The lowest BCUT2D eigenvalue weighted by molar-refractivity contribution is -0.0498. The molecule has 6 nitrogen and oxygen atoms in total. The quantitative estimate of drug-likeness (QED) is 0.308. The first kappa shape index (κ1) is 24.0. The van der Waals surface area contributed by atoms with Gasteiger partial charge in [-0.15, -0.1) is 0 Å². The molecule has 0 saturated carbocycles. The number of benzene rings is 1. The van der Waals surface area contributed by atoms with Gasteiger partial charge in [-0.1, -0.05) is 11.8 Å². The van der Waals surface area contributed by atoms with Gasteiger partial charge in [0.2, 0.25) is 0 Å². The molecule has 2 aromatic heterocycles. The second-order valence-corrected chi connectivity index (χ2v) is 8.36. The van der Waals surface area contributed by atoms with Crippen molar-refractivity contribution < 1.29 is 23.0 Å². The third kappa shape index (κ3) is 5.21. The Hall–Kier alpha value is -2.65. The second-order valence-electron chi connectivity index (χ2n) is 7.41.